The molecule has 3 rings (SSSR count). The first kappa shape index (κ1) is 13.3. The summed E-state index contributed by atoms with van der Waals surface area (Å²) in [6.45, 7) is 3.46. The standard InChI is InChI=1S/C17H21NO2/c1-12-4-6-13(7-5-12)16(19)15-3-2-10-18(11-15)17(20)14-8-9-14/h4-7,14-15H,2-3,8-11H2,1H3. The van der Waals surface area contributed by atoms with E-state index in [2.05, 4.69) is 0 Å². The van der Waals surface area contributed by atoms with Crippen molar-refractivity contribution < 1.29 is 9.59 Å². The fourth-order valence-corrected chi connectivity index (χ4v) is 2.93. The Morgan fingerprint density at radius 3 is 2.40 bits per heavy atom. The summed E-state index contributed by atoms with van der Waals surface area (Å²) in [7, 11) is 0. The average molecular weight is 271 g/mol. The van der Waals surface area contributed by atoms with Crippen molar-refractivity contribution in [2.45, 2.75) is 32.6 Å². The molecule has 0 radical (unpaired) electrons. The molecule has 3 nitrogen and oxygen atoms in total. The molecule has 0 bridgehead atoms. The van der Waals surface area contributed by atoms with Gasteiger partial charge < -0.3 is 4.90 Å². The lowest BCUT2D eigenvalue weighted by molar-refractivity contribution is -0.133. The van der Waals surface area contributed by atoms with E-state index in [1.54, 1.807) is 0 Å². The van der Waals surface area contributed by atoms with Crippen LogP contribution in [-0.2, 0) is 4.79 Å². The van der Waals surface area contributed by atoms with Gasteiger partial charge in [-0.2, -0.15) is 0 Å². The molecule has 2 aliphatic rings. The molecule has 1 atom stereocenters. The highest BCUT2D eigenvalue weighted by molar-refractivity contribution is 5.98. The maximum absolute atomic E-state index is 12.5. The molecule has 106 valence electrons. The summed E-state index contributed by atoms with van der Waals surface area (Å²) in [6, 6.07) is 7.75. The van der Waals surface area contributed by atoms with E-state index >= 15 is 0 Å². The number of carbonyl (C=O) groups excluding carboxylic acids is 2. The molecule has 1 aliphatic heterocycles. The predicted octanol–water partition coefficient (Wildman–Crippen LogP) is 2.83. The normalized spacial score (nSPS) is 22.6. The molecule has 1 saturated carbocycles. The van der Waals surface area contributed by atoms with Crippen molar-refractivity contribution in [3.05, 3.63) is 35.4 Å². The highest BCUT2D eigenvalue weighted by Crippen LogP contribution is 2.33. The van der Waals surface area contributed by atoms with Crippen molar-refractivity contribution in [1.29, 1.82) is 0 Å². The Morgan fingerprint density at radius 1 is 1.05 bits per heavy atom. The zero-order chi connectivity index (χ0) is 14.1. The average Bonchev–Trinajstić information content (AvgIpc) is 3.31. The predicted molar refractivity (Wildman–Crippen MR) is 77.5 cm³/mol. The Hall–Kier alpha value is -1.64. The van der Waals surface area contributed by atoms with Gasteiger partial charge in [-0.1, -0.05) is 29.8 Å². The van der Waals surface area contributed by atoms with E-state index < -0.39 is 0 Å². The van der Waals surface area contributed by atoms with Crippen molar-refractivity contribution in [2.24, 2.45) is 11.8 Å². The second-order valence-corrected chi connectivity index (χ2v) is 6.13. The summed E-state index contributed by atoms with van der Waals surface area (Å²) in [6.07, 6.45) is 3.92. The van der Waals surface area contributed by atoms with E-state index in [0.29, 0.717) is 6.54 Å². The number of hydrogen-bond donors (Lipinski definition) is 0. The molecule has 20 heavy (non-hydrogen) atoms. The molecule has 1 unspecified atom stereocenters. The number of amides is 1. The number of piperidine rings is 1. The van der Waals surface area contributed by atoms with Gasteiger partial charge in [0.2, 0.25) is 5.91 Å². The quantitative estimate of drug-likeness (QED) is 0.793. The minimum absolute atomic E-state index is 0.0193. The van der Waals surface area contributed by atoms with Crippen molar-refractivity contribution in [2.75, 3.05) is 13.1 Å². The molecular formula is C17H21NO2. The lowest BCUT2D eigenvalue weighted by Gasteiger charge is -2.32. The maximum Gasteiger partial charge on any atom is 0.225 e. The zero-order valence-electron chi connectivity index (χ0n) is 12.0. The van der Waals surface area contributed by atoms with Crippen molar-refractivity contribution in [3.63, 3.8) is 0 Å². The van der Waals surface area contributed by atoms with E-state index in [0.717, 1.165) is 43.4 Å². The monoisotopic (exact) mass is 271 g/mol. The molecule has 2 fully saturated rings. The summed E-state index contributed by atoms with van der Waals surface area (Å²) < 4.78 is 0. The van der Waals surface area contributed by atoms with Crippen molar-refractivity contribution in [1.82, 2.24) is 4.90 Å². The van der Waals surface area contributed by atoms with Crippen LogP contribution in [0, 0.1) is 18.8 Å². The first-order valence-electron chi connectivity index (χ1n) is 7.55. The van der Waals surface area contributed by atoms with Crippen molar-refractivity contribution >= 4 is 11.7 Å². The SMILES string of the molecule is Cc1ccc(C(=O)C2CCCN(C(=O)C3CC3)C2)cc1. The lowest BCUT2D eigenvalue weighted by Crippen LogP contribution is -2.43. The van der Waals surface area contributed by atoms with Gasteiger partial charge in [0.15, 0.2) is 5.78 Å². The van der Waals surface area contributed by atoms with E-state index in [1.807, 2.05) is 36.1 Å². The smallest absolute Gasteiger partial charge is 0.225 e. The number of ketones is 1. The molecule has 3 heteroatoms. The van der Waals surface area contributed by atoms with Gasteiger partial charge in [-0.25, -0.2) is 0 Å². The molecule has 1 aromatic carbocycles. The third-order valence-corrected chi connectivity index (χ3v) is 4.37. The number of carbonyl (C=O) groups is 2. The van der Waals surface area contributed by atoms with Crippen LogP contribution >= 0.6 is 0 Å². The van der Waals surface area contributed by atoms with Crippen LogP contribution in [0.3, 0.4) is 0 Å². The Morgan fingerprint density at radius 2 is 1.75 bits per heavy atom. The van der Waals surface area contributed by atoms with Crippen LogP contribution in [-0.4, -0.2) is 29.7 Å². The van der Waals surface area contributed by atoms with E-state index in [4.69, 9.17) is 0 Å². The molecule has 0 N–H and O–H groups in total. The van der Waals surface area contributed by atoms with Gasteiger partial charge in [-0.05, 0) is 32.6 Å². The highest BCUT2D eigenvalue weighted by atomic mass is 16.2. The van der Waals surface area contributed by atoms with Gasteiger partial charge in [0.1, 0.15) is 0 Å². The van der Waals surface area contributed by atoms with Gasteiger partial charge in [0, 0.05) is 30.5 Å². The number of benzene rings is 1. The minimum Gasteiger partial charge on any atom is -0.342 e. The maximum atomic E-state index is 12.5. The Kier molecular flexibility index (Phi) is 3.60. The Labute approximate surface area is 120 Å². The van der Waals surface area contributed by atoms with E-state index in [9.17, 15) is 9.59 Å². The van der Waals surface area contributed by atoms with Crippen LogP contribution in [0.25, 0.3) is 0 Å². The number of nitrogens with zero attached hydrogens (tertiary/aromatic N) is 1. The first-order valence-corrected chi connectivity index (χ1v) is 7.55. The molecule has 0 aromatic heterocycles. The molecule has 1 heterocycles. The summed E-state index contributed by atoms with van der Waals surface area (Å²) in [5.41, 5.74) is 1.94. The number of rotatable bonds is 3. The van der Waals surface area contributed by atoms with Gasteiger partial charge in [0.05, 0.1) is 0 Å². The van der Waals surface area contributed by atoms with Gasteiger partial charge in [-0.3, -0.25) is 9.59 Å². The van der Waals surface area contributed by atoms with Crippen LogP contribution in [0.5, 0.6) is 0 Å². The minimum atomic E-state index is -0.0193. The van der Waals surface area contributed by atoms with Crippen LogP contribution in [0.15, 0.2) is 24.3 Å². The summed E-state index contributed by atoms with van der Waals surface area (Å²) >= 11 is 0. The lowest BCUT2D eigenvalue weighted by atomic mass is 9.89. The third-order valence-electron chi connectivity index (χ3n) is 4.37. The van der Waals surface area contributed by atoms with Gasteiger partial charge in [-0.15, -0.1) is 0 Å². The second kappa shape index (κ2) is 5.39. The molecule has 1 amide bonds. The van der Waals surface area contributed by atoms with Gasteiger partial charge in [0.25, 0.3) is 0 Å². The molecule has 1 aliphatic carbocycles. The Balaban J connectivity index is 1.68. The van der Waals surface area contributed by atoms with Crippen LogP contribution < -0.4 is 0 Å². The topological polar surface area (TPSA) is 37.4 Å². The zero-order valence-corrected chi connectivity index (χ0v) is 12.0. The number of Topliss-reactive ketones (excluding diaryl/α,β-unsaturated/α-hetero) is 1. The number of likely N-dealkylation sites (tertiary alicyclic amines) is 1. The van der Waals surface area contributed by atoms with Crippen LogP contribution in [0.1, 0.15) is 41.6 Å². The van der Waals surface area contributed by atoms with Crippen LogP contribution in [0.4, 0.5) is 0 Å². The second-order valence-electron chi connectivity index (χ2n) is 6.13. The fourth-order valence-electron chi connectivity index (χ4n) is 2.93. The molecule has 1 aromatic rings. The molecule has 0 spiro atoms. The number of hydrogen-bond acceptors (Lipinski definition) is 2. The fraction of sp³-hybridized carbons (Fsp3) is 0.529. The largest absolute Gasteiger partial charge is 0.342 e. The number of aryl methyl sites for hydroxylation is 1. The van der Waals surface area contributed by atoms with Crippen LogP contribution in [0.2, 0.25) is 0 Å². The van der Waals surface area contributed by atoms with E-state index in [1.165, 1.54) is 0 Å². The van der Waals surface area contributed by atoms with E-state index in [-0.39, 0.29) is 23.5 Å². The van der Waals surface area contributed by atoms with Crippen molar-refractivity contribution in [3.8, 4) is 0 Å². The third kappa shape index (κ3) is 2.77. The van der Waals surface area contributed by atoms with Gasteiger partial charge >= 0.3 is 0 Å². The molecular weight excluding hydrogens is 250 g/mol. The summed E-state index contributed by atoms with van der Waals surface area (Å²) in [5.74, 6) is 0.696. The summed E-state index contributed by atoms with van der Waals surface area (Å²) in [5, 5.41) is 0. The summed E-state index contributed by atoms with van der Waals surface area (Å²) in [4.78, 5) is 26.6. The highest BCUT2D eigenvalue weighted by Gasteiger charge is 2.36. The first-order chi connectivity index (χ1) is 9.65. The Bertz CT molecular complexity index is 516. The molecule has 1 saturated heterocycles.